The zero-order valence-corrected chi connectivity index (χ0v) is 20.6. The molecular formula is C23H20Cl2FN3O2S2. The summed E-state index contributed by atoms with van der Waals surface area (Å²) in [5.41, 5.74) is 2.35. The Morgan fingerprint density at radius 2 is 1.79 bits per heavy atom. The first-order valence-corrected chi connectivity index (χ1v) is 12.7. The molecule has 0 bridgehead atoms. The second-order valence-electron chi connectivity index (χ2n) is 7.69. The third kappa shape index (κ3) is 5.09. The molecule has 1 aliphatic heterocycles. The number of anilines is 3. The lowest BCUT2D eigenvalue weighted by molar-refractivity contribution is 0.560. The Hall–Kier alpha value is -2.39. The number of hydrogen-bond acceptors (Lipinski definition) is 3. The summed E-state index contributed by atoms with van der Waals surface area (Å²) in [4.78, 5) is 0.133. The van der Waals surface area contributed by atoms with Crippen molar-refractivity contribution in [3.8, 4) is 0 Å². The smallest absolute Gasteiger partial charge is 0.264 e. The topological polar surface area (TPSA) is 61.4 Å². The summed E-state index contributed by atoms with van der Waals surface area (Å²) in [6.45, 7) is 1.85. The molecule has 2 N–H and O–H groups in total. The molecule has 0 amide bonds. The summed E-state index contributed by atoms with van der Waals surface area (Å²) in [7, 11) is -3.84. The van der Waals surface area contributed by atoms with Gasteiger partial charge < -0.3 is 10.6 Å². The Morgan fingerprint density at radius 3 is 2.52 bits per heavy atom. The van der Waals surface area contributed by atoms with Gasteiger partial charge in [-0.15, -0.1) is 0 Å². The first-order chi connectivity index (χ1) is 15.6. The van der Waals surface area contributed by atoms with Crippen molar-refractivity contribution in [2.45, 2.75) is 30.7 Å². The predicted molar refractivity (Wildman–Crippen MR) is 137 cm³/mol. The molecule has 3 aromatic rings. The van der Waals surface area contributed by atoms with Crippen molar-refractivity contribution in [2.75, 3.05) is 14.9 Å². The van der Waals surface area contributed by atoms with Crippen LogP contribution in [0.15, 0.2) is 65.6 Å². The van der Waals surface area contributed by atoms with Crippen LogP contribution in [-0.4, -0.2) is 19.6 Å². The van der Waals surface area contributed by atoms with Crippen molar-refractivity contribution < 1.29 is 12.8 Å². The van der Waals surface area contributed by atoms with E-state index in [-0.39, 0.29) is 21.9 Å². The van der Waals surface area contributed by atoms with Gasteiger partial charge in [0.05, 0.1) is 21.3 Å². The van der Waals surface area contributed by atoms with Gasteiger partial charge in [-0.1, -0.05) is 23.2 Å². The maximum absolute atomic E-state index is 13.7. The fourth-order valence-corrected chi connectivity index (χ4v) is 6.04. The van der Waals surface area contributed by atoms with E-state index in [0.29, 0.717) is 45.5 Å². The maximum atomic E-state index is 13.7. The molecule has 3 aromatic carbocycles. The molecule has 172 valence electrons. The van der Waals surface area contributed by atoms with E-state index in [2.05, 4.69) is 10.6 Å². The van der Waals surface area contributed by atoms with Gasteiger partial charge in [0.15, 0.2) is 5.11 Å². The van der Waals surface area contributed by atoms with Gasteiger partial charge in [-0.05, 0) is 98.2 Å². The minimum atomic E-state index is -3.84. The lowest BCUT2D eigenvalue weighted by atomic mass is 9.99. The summed E-state index contributed by atoms with van der Waals surface area (Å²) in [6, 6.07) is 15.2. The number of benzene rings is 3. The number of fused-ring (bicyclic) bond motifs is 1. The van der Waals surface area contributed by atoms with E-state index in [1.807, 2.05) is 6.92 Å². The van der Waals surface area contributed by atoms with Crippen LogP contribution in [0, 0.1) is 5.82 Å². The Labute approximate surface area is 207 Å². The average Bonchev–Trinajstić information content (AvgIpc) is 2.76. The second-order valence-corrected chi connectivity index (χ2v) is 10.8. The molecule has 1 atom stereocenters. The third-order valence-corrected chi connectivity index (χ3v) is 8.07. The molecule has 1 aliphatic rings. The fourth-order valence-electron chi connectivity index (χ4n) is 3.76. The first-order valence-electron chi connectivity index (χ1n) is 10.1. The van der Waals surface area contributed by atoms with Crippen LogP contribution in [0.1, 0.15) is 18.9 Å². The van der Waals surface area contributed by atoms with Crippen molar-refractivity contribution in [1.82, 2.24) is 0 Å². The summed E-state index contributed by atoms with van der Waals surface area (Å²) in [5.74, 6) is -0.375. The van der Waals surface area contributed by atoms with Crippen LogP contribution in [0.5, 0.6) is 0 Å². The van der Waals surface area contributed by atoms with E-state index in [4.69, 9.17) is 35.4 Å². The van der Waals surface area contributed by atoms with E-state index in [1.54, 1.807) is 30.3 Å². The first kappa shape index (κ1) is 23.8. The molecule has 33 heavy (non-hydrogen) atoms. The molecule has 0 spiro atoms. The Kier molecular flexibility index (Phi) is 6.81. The molecule has 5 nitrogen and oxygen atoms in total. The Balaban J connectivity index is 1.53. The lowest BCUT2D eigenvalue weighted by Gasteiger charge is -2.36. The van der Waals surface area contributed by atoms with Crippen molar-refractivity contribution in [1.29, 1.82) is 0 Å². The van der Waals surface area contributed by atoms with Gasteiger partial charge in [-0.25, -0.2) is 12.8 Å². The number of rotatable bonds is 4. The standard InChI is InChI=1S/C23H20Cl2FN3O2S2/c1-14-2-3-15-12-17(26)5-11-22(15)29(14)33(30,31)19-8-6-18(7-9-19)27-23(32)28-21-13-16(24)4-10-20(21)25/h4-14H,2-3H2,1H3,(H2,27,28,32)/t14-/m1/s1. The van der Waals surface area contributed by atoms with Crippen molar-refractivity contribution in [3.63, 3.8) is 0 Å². The molecule has 0 aromatic heterocycles. The van der Waals surface area contributed by atoms with Crippen LogP contribution >= 0.6 is 35.4 Å². The van der Waals surface area contributed by atoms with Gasteiger partial charge in [-0.2, -0.15) is 0 Å². The average molecular weight is 524 g/mol. The van der Waals surface area contributed by atoms with Gasteiger partial charge in [0.25, 0.3) is 10.0 Å². The van der Waals surface area contributed by atoms with Crippen LogP contribution in [-0.2, 0) is 16.4 Å². The summed E-state index contributed by atoms with van der Waals surface area (Å²) in [5, 5.41) is 7.20. The number of sulfonamides is 1. The molecule has 0 saturated carbocycles. The van der Waals surface area contributed by atoms with Crippen LogP contribution in [0.2, 0.25) is 10.0 Å². The normalized spacial score (nSPS) is 15.6. The number of thiocarbonyl (C=S) groups is 1. The monoisotopic (exact) mass is 523 g/mol. The quantitative estimate of drug-likeness (QED) is 0.383. The number of halogens is 3. The van der Waals surface area contributed by atoms with E-state index in [9.17, 15) is 12.8 Å². The molecular weight excluding hydrogens is 504 g/mol. The number of aryl methyl sites for hydroxylation is 1. The highest BCUT2D eigenvalue weighted by molar-refractivity contribution is 7.92. The minimum absolute atomic E-state index is 0.133. The Morgan fingerprint density at radius 1 is 1.06 bits per heavy atom. The van der Waals surface area contributed by atoms with Gasteiger partial charge in [0.2, 0.25) is 0 Å². The van der Waals surface area contributed by atoms with E-state index in [0.717, 1.165) is 0 Å². The van der Waals surface area contributed by atoms with Crippen molar-refractivity contribution in [3.05, 3.63) is 82.1 Å². The van der Waals surface area contributed by atoms with Crippen LogP contribution in [0.3, 0.4) is 0 Å². The van der Waals surface area contributed by atoms with Crippen LogP contribution in [0.25, 0.3) is 0 Å². The third-order valence-electron chi connectivity index (χ3n) is 5.36. The van der Waals surface area contributed by atoms with Gasteiger partial charge in [0.1, 0.15) is 5.82 Å². The highest BCUT2D eigenvalue weighted by Gasteiger charge is 2.34. The molecule has 0 unspecified atom stereocenters. The van der Waals surface area contributed by atoms with Gasteiger partial charge in [0, 0.05) is 16.8 Å². The lowest BCUT2D eigenvalue weighted by Crippen LogP contribution is -2.42. The highest BCUT2D eigenvalue weighted by Crippen LogP contribution is 2.36. The van der Waals surface area contributed by atoms with E-state index in [1.165, 1.54) is 34.6 Å². The SMILES string of the molecule is C[C@@H]1CCc2cc(F)ccc2N1S(=O)(=O)c1ccc(NC(=S)Nc2cc(Cl)ccc2Cl)cc1. The van der Waals surface area contributed by atoms with Crippen molar-refractivity contribution in [2.24, 2.45) is 0 Å². The highest BCUT2D eigenvalue weighted by atomic mass is 35.5. The molecule has 1 heterocycles. The van der Waals surface area contributed by atoms with Crippen LogP contribution in [0.4, 0.5) is 21.5 Å². The molecule has 10 heteroatoms. The summed E-state index contributed by atoms with van der Waals surface area (Å²) >= 11 is 17.5. The van der Waals surface area contributed by atoms with Gasteiger partial charge in [-0.3, -0.25) is 4.31 Å². The summed E-state index contributed by atoms with van der Waals surface area (Å²) in [6.07, 6.45) is 1.24. The zero-order chi connectivity index (χ0) is 23.8. The molecule has 0 radical (unpaired) electrons. The van der Waals surface area contributed by atoms with Crippen LogP contribution < -0.4 is 14.9 Å². The zero-order valence-electron chi connectivity index (χ0n) is 17.5. The minimum Gasteiger partial charge on any atom is -0.332 e. The van der Waals surface area contributed by atoms with E-state index < -0.39 is 10.0 Å². The predicted octanol–water partition coefficient (Wildman–Crippen LogP) is 6.47. The Bertz CT molecular complexity index is 1320. The molecule has 0 aliphatic carbocycles. The number of hydrogen-bond donors (Lipinski definition) is 2. The molecule has 0 saturated heterocycles. The number of nitrogens with zero attached hydrogens (tertiary/aromatic N) is 1. The van der Waals surface area contributed by atoms with Gasteiger partial charge >= 0.3 is 0 Å². The maximum Gasteiger partial charge on any atom is 0.264 e. The largest absolute Gasteiger partial charge is 0.332 e. The molecule has 0 fully saturated rings. The summed E-state index contributed by atoms with van der Waals surface area (Å²) < 4.78 is 41.9. The van der Waals surface area contributed by atoms with Crippen molar-refractivity contribution >= 4 is 67.6 Å². The fraction of sp³-hybridized carbons (Fsp3) is 0.174. The number of nitrogens with one attached hydrogen (secondary N) is 2. The second kappa shape index (κ2) is 9.46. The van der Waals surface area contributed by atoms with E-state index >= 15 is 0 Å². The molecule has 4 rings (SSSR count).